The van der Waals surface area contributed by atoms with E-state index in [0.29, 0.717) is 6.42 Å². The first-order chi connectivity index (χ1) is 16.0. The summed E-state index contributed by atoms with van der Waals surface area (Å²) in [5.74, 6) is -1.63. The first-order valence-electron chi connectivity index (χ1n) is 10.9. The molecule has 0 bridgehead atoms. The lowest BCUT2D eigenvalue weighted by molar-refractivity contribution is -0.120. The number of halogens is 2. The zero-order valence-electron chi connectivity index (χ0n) is 19.3. The fourth-order valence-electron chi connectivity index (χ4n) is 3.93. The van der Waals surface area contributed by atoms with E-state index in [0.717, 1.165) is 46.3 Å². The van der Waals surface area contributed by atoms with E-state index in [9.17, 15) is 22.0 Å². The molecule has 1 unspecified atom stereocenters. The molecule has 8 heteroatoms. The van der Waals surface area contributed by atoms with E-state index in [4.69, 9.17) is 0 Å². The van der Waals surface area contributed by atoms with Gasteiger partial charge in [0.05, 0.1) is 10.6 Å². The van der Waals surface area contributed by atoms with Crippen LogP contribution in [0.4, 0.5) is 14.5 Å². The lowest BCUT2D eigenvalue weighted by atomic mass is 9.79. The Morgan fingerprint density at radius 3 is 2.00 bits per heavy atom. The molecule has 0 radical (unpaired) electrons. The standard InChI is InChI=1S/C26H28F2N2O3S/c1-19(17-26(2,3)20-7-5-4-6-8-20)29-25(31)18-30(23-13-9-21(27)10-14-23)34(32,33)24-15-11-22(28)12-16-24/h4-16,19H,17-18H2,1-3H3,(H,29,31). The molecule has 3 aromatic rings. The highest BCUT2D eigenvalue weighted by Gasteiger charge is 2.29. The number of amides is 1. The van der Waals surface area contributed by atoms with Crippen LogP contribution < -0.4 is 9.62 Å². The summed E-state index contributed by atoms with van der Waals surface area (Å²) in [4.78, 5) is 12.7. The van der Waals surface area contributed by atoms with Crippen molar-refractivity contribution in [1.82, 2.24) is 5.32 Å². The van der Waals surface area contributed by atoms with Gasteiger partial charge < -0.3 is 5.32 Å². The highest BCUT2D eigenvalue weighted by atomic mass is 32.2. The highest BCUT2D eigenvalue weighted by Crippen LogP contribution is 2.28. The quantitative estimate of drug-likeness (QED) is 0.461. The topological polar surface area (TPSA) is 66.5 Å². The average molecular weight is 487 g/mol. The van der Waals surface area contributed by atoms with Crippen molar-refractivity contribution in [2.45, 2.75) is 43.5 Å². The maximum atomic E-state index is 13.5. The summed E-state index contributed by atoms with van der Waals surface area (Å²) in [7, 11) is -4.21. The van der Waals surface area contributed by atoms with Crippen LogP contribution in [0, 0.1) is 11.6 Å². The van der Waals surface area contributed by atoms with Crippen molar-refractivity contribution in [3.8, 4) is 0 Å². The van der Waals surface area contributed by atoms with Gasteiger partial charge in [-0.25, -0.2) is 17.2 Å². The van der Waals surface area contributed by atoms with Crippen molar-refractivity contribution < 1.29 is 22.0 Å². The van der Waals surface area contributed by atoms with Crippen LogP contribution in [-0.4, -0.2) is 26.9 Å². The zero-order valence-corrected chi connectivity index (χ0v) is 20.1. The number of benzene rings is 3. The van der Waals surface area contributed by atoms with Gasteiger partial charge in [0.25, 0.3) is 10.0 Å². The summed E-state index contributed by atoms with van der Waals surface area (Å²) in [6.45, 7) is 5.50. The number of hydrogen-bond donors (Lipinski definition) is 1. The molecule has 5 nitrogen and oxygen atoms in total. The fraction of sp³-hybridized carbons (Fsp3) is 0.269. The summed E-state index contributed by atoms with van der Waals surface area (Å²) < 4.78 is 54.3. The van der Waals surface area contributed by atoms with Crippen molar-refractivity contribution in [3.05, 3.63) is 96.1 Å². The second-order valence-corrected chi connectivity index (χ2v) is 10.7. The molecule has 0 aromatic heterocycles. The molecule has 0 aliphatic heterocycles. The monoisotopic (exact) mass is 486 g/mol. The Kier molecular flexibility index (Phi) is 7.71. The lowest BCUT2D eigenvalue weighted by Crippen LogP contribution is -2.45. The molecule has 1 atom stereocenters. The summed E-state index contributed by atoms with van der Waals surface area (Å²) >= 11 is 0. The van der Waals surface area contributed by atoms with Gasteiger partial charge in [-0.3, -0.25) is 9.10 Å². The summed E-state index contributed by atoms with van der Waals surface area (Å²) in [5, 5.41) is 2.87. The van der Waals surface area contributed by atoms with Gasteiger partial charge in [0.2, 0.25) is 5.91 Å². The fourth-order valence-corrected chi connectivity index (χ4v) is 5.35. The highest BCUT2D eigenvalue weighted by molar-refractivity contribution is 7.92. The molecule has 0 spiro atoms. The van der Waals surface area contributed by atoms with Crippen molar-refractivity contribution in [3.63, 3.8) is 0 Å². The van der Waals surface area contributed by atoms with E-state index in [1.807, 2.05) is 37.3 Å². The minimum atomic E-state index is -4.21. The number of anilines is 1. The second-order valence-electron chi connectivity index (χ2n) is 8.86. The molecule has 0 saturated heterocycles. The van der Waals surface area contributed by atoms with Gasteiger partial charge in [0.1, 0.15) is 18.2 Å². The van der Waals surface area contributed by atoms with E-state index in [1.54, 1.807) is 0 Å². The smallest absolute Gasteiger partial charge is 0.264 e. The number of rotatable bonds is 9. The minimum absolute atomic E-state index is 0.123. The Hall–Kier alpha value is -3.26. The molecular weight excluding hydrogens is 458 g/mol. The zero-order chi connectivity index (χ0) is 24.9. The largest absolute Gasteiger partial charge is 0.352 e. The number of hydrogen-bond acceptors (Lipinski definition) is 3. The normalized spacial score (nSPS) is 12.7. The van der Waals surface area contributed by atoms with Crippen LogP contribution in [0.3, 0.4) is 0 Å². The molecule has 1 amide bonds. The molecule has 3 aromatic carbocycles. The van der Waals surface area contributed by atoms with Crippen LogP contribution in [0.5, 0.6) is 0 Å². The van der Waals surface area contributed by atoms with Crippen molar-refractivity contribution in [1.29, 1.82) is 0 Å². The van der Waals surface area contributed by atoms with E-state index in [-0.39, 0.29) is 22.0 Å². The summed E-state index contributed by atoms with van der Waals surface area (Å²) in [6, 6.07) is 18.8. The van der Waals surface area contributed by atoms with Gasteiger partial charge >= 0.3 is 0 Å². The molecular formula is C26H28F2N2O3S. The lowest BCUT2D eigenvalue weighted by Gasteiger charge is -2.30. The van der Waals surface area contributed by atoms with Crippen LogP contribution in [0.25, 0.3) is 0 Å². The third-order valence-corrected chi connectivity index (χ3v) is 7.37. The van der Waals surface area contributed by atoms with Crippen LogP contribution in [0.1, 0.15) is 32.8 Å². The van der Waals surface area contributed by atoms with Crippen LogP contribution >= 0.6 is 0 Å². The Balaban J connectivity index is 1.80. The van der Waals surface area contributed by atoms with E-state index < -0.39 is 34.1 Å². The maximum Gasteiger partial charge on any atom is 0.264 e. The molecule has 0 fully saturated rings. The number of carbonyl (C=O) groups is 1. The number of nitrogens with zero attached hydrogens (tertiary/aromatic N) is 1. The van der Waals surface area contributed by atoms with Crippen LogP contribution in [-0.2, 0) is 20.2 Å². The predicted octanol–water partition coefficient (Wildman–Crippen LogP) is 5.03. The number of sulfonamides is 1. The van der Waals surface area contributed by atoms with Crippen molar-refractivity contribution in [2.75, 3.05) is 10.8 Å². The Morgan fingerprint density at radius 1 is 0.912 bits per heavy atom. The van der Waals surface area contributed by atoms with E-state index in [1.165, 1.54) is 12.1 Å². The summed E-state index contributed by atoms with van der Waals surface area (Å²) in [6.07, 6.45) is 0.629. The predicted molar refractivity (Wildman–Crippen MR) is 129 cm³/mol. The molecule has 3 rings (SSSR count). The van der Waals surface area contributed by atoms with E-state index >= 15 is 0 Å². The van der Waals surface area contributed by atoms with Crippen LogP contribution in [0.2, 0.25) is 0 Å². The van der Waals surface area contributed by atoms with Gasteiger partial charge in [-0.1, -0.05) is 44.2 Å². The Bertz CT molecular complexity index is 1210. The molecule has 34 heavy (non-hydrogen) atoms. The van der Waals surface area contributed by atoms with Gasteiger partial charge in [0, 0.05) is 6.04 Å². The molecule has 1 N–H and O–H groups in total. The third kappa shape index (κ3) is 6.20. The third-order valence-electron chi connectivity index (χ3n) is 5.58. The molecule has 0 aliphatic carbocycles. The molecule has 0 saturated carbocycles. The maximum absolute atomic E-state index is 13.5. The molecule has 0 heterocycles. The molecule has 180 valence electrons. The van der Waals surface area contributed by atoms with Gasteiger partial charge in [-0.05, 0) is 72.9 Å². The molecule has 0 aliphatic rings. The number of carbonyl (C=O) groups excluding carboxylic acids is 1. The van der Waals surface area contributed by atoms with Gasteiger partial charge in [-0.15, -0.1) is 0 Å². The first-order valence-corrected chi connectivity index (χ1v) is 12.3. The van der Waals surface area contributed by atoms with Gasteiger partial charge in [0.15, 0.2) is 0 Å². The second kappa shape index (κ2) is 10.3. The number of nitrogens with one attached hydrogen (secondary N) is 1. The van der Waals surface area contributed by atoms with Crippen molar-refractivity contribution in [2.24, 2.45) is 0 Å². The Morgan fingerprint density at radius 2 is 1.44 bits per heavy atom. The van der Waals surface area contributed by atoms with Crippen molar-refractivity contribution >= 4 is 21.6 Å². The van der Waals surface area contributed by atoms with E-state index in [2.05, 4.69) is 19.2 Å². The minimum Gasteiger partial charge on any atom is -0.352 e. The first kappa shape index (κ1) is 25.4. The van der Waals surface area contributed by atoms with Crippen LogP contribution in [0.15, 0.2) is 83.8 Å². The van der Waals surface area contributed by atoms with Gasteiger partial charge in [-0.2, -0.15) is 0 Å². The SMILES string of the molecule is CC(CC(C)(C)c1ccccc1)NC(=O)CN(c1ccc(F)cc1)S(=O)(=O)c1ccc(F)cc1. The Labute approximate surface area is 199 Å². The summed E-state index contributed by atoms with van der Waals surface area (Å²) in [5.41, 5.74) is 1.03. The average Bonchev–Trinajstić information content (AvgIpc) is 2.78.